The Morgan fingerprint density at radius 2 is 1.01 bits per heavy atom. The molecule has 4 fully saturated rings. The van der Waals surface area contributed by atoms with E-state index in [1.807, 2.05) is 82.4 Å². The molecular formula is C69H77N9O14. The number of alkyl carbamates (subject to hydrolysis) is 2. The predicted octanol–water partition coefficient (Wildman–Crippen LogP) is 10.7. The topological polar surface area (TPSA) is 254 Å². The first-order chi connectivity index (χ1) is 44.6. The van der Waals surface area contributed by atoms with Crippen LogP contribution in [0.3, 0.4) is 0 Å². The predicted molar refractivity (Wildman–Crippen MR) is 334 cm³/mol. The van der Waals surface area contributed by atoms with Crippen molar-refractivity contribution in [3.8, 4) is 45.4 Å². The van der Waals surface area contributed by atoms with Gasteiger partial charge >= 0.3 is 24.4 Å². The minimum absolute atomic E-state index is 0.0852. The molecular weight excluding hydrogens is 1180 g/mol. The van der Waals surface area contributed by atoms with E-state index in [0.717, 1.165) is 113 Å². The molecule has 23 nitrogen and oxygen atoms in total. The summed E-state index contributed by atoms with van der Waals surface area (Å²) < 4.78 is 46.6. The van der Waals surface area contributed by atoms with Crippen LogP contribution in [-0.4, -0.2) is 141 Å². The number of nitrogens with zero attached hydrogens (tertiary/aromatic N) is 6. The average molecular weight is 1260 g/mol. The summed E-state index contributed by atoms with van der Waals surface area (Å²) in [5.74, 6) is 1.93. The van der Waals surface area contributed by atoms with Crippen molar-refractivity contribution in [2.24, 2.45) is 16.8 Å². The zero-order valence-electron chi connectivity index (χ0n) is 52.2. The summed E-state index contributed by atoms with van der Waals surface area (Å²) in [5, 5.41) is 5.76. The lowest BCUT2D eigenvalue weighted by Gasteiger charge is -2.31. The summed E-state index contributed by atoms with van der Waals surface area (Å²) in [5.41, 5.74) is 9.93. The van der Waals surface area contributed by atoms with Gasteiger partial charge in [-0.3, -0.25) is 24.4 Å². The second-order valence-electron chi connectivity index (χ2n) is 26.2. The zero-order chi connectivity index (χ0) is 63.3. The number of H-pyrrole nitrogens is 1. The summed E-state index contributed by atoms with van der Waals surface area (Å²) in [7, 11) is 0. The molecule has 4 aromatic carbocycles. The summed E-state index contributed by atoms with van der Waals surface area (Å²) in [4.78, 5) is 104. The summed E-state index contributed by atoms with van der Waals surface area (Å²) in [6.07, 6.45) is 7.85. The van der Waals surface area contributed by atoms with Gasteiger partial charge < -0.3 is 63.3 Å². The van der Waals surface area contributed by atoms with Gasteiger partial charge in [-0.2, -0.15) is 0 Å². The molecule has 3 N–H and O–H groups in total. The number of benzene rings is 4. The van der Waals surface area contributed by atoms with Gasteiger partial charge in [-0.05, 0) is 114 Å². The molecule has 14 rings (SSSR count). The maximum absolute atomic E-state index is 14.8. The Morgan fingerprint density at radius 3 is 1.51 bits per heavy atom. The number of hydrogen-bond acceptors (Lipinski definition) is 16. The normalized spacial score (nSPS) is 22.0. The maximum atomic E-state index is 14.8. The Balaban J connectivity index is 0.639. The first-order valence-electron chi connectivity index (χ1n) is 32.4. The number of carbonyl (C=O) groups excluding carboxylic acids is 6. The molecule has 6 atom stereocenters. The number of allylic oxidation sites excluding steroid dienone is 1. The minimum atomic E-state index is -0.912. The van der Waals surface area contributed by atoms with Gasteiger partial charge in [-0.1, -0.05) is 88.4 Å². The lowest BCUT2D eigenvalue weighted by atomic mass is 9.95. The molecule has 0 bridgehead atoms. The quantitative estimate of drug-likeness (QED) is 0.0824. The number of likely N-dealkylation sites (tertiary alicyclic amines) is 2. The van der Waals surface area contributed by atoms with Crippen LogP contribution in [0.25, 0.3) is 28.0 Å². The monoisotopic (exact) mass is 1260 g/mol. The summed E-state index contributed by atoms with van der Waals surface area (Å²) in [6, 6.07) is 21.0. The van der Waals surface area contributed by atoms with Crippen molar-refractivity contribution in [1.29, 1.82) is 0 Å². The number of hydrogen-bond donors (Lipinski definition) is 3. The molecule has 0 radical (unpaired) electrons. The average Bonchev–Trinajstić information content (AvgIpc) is 1.68. The van der Waals surface area contributed by atoms with Crippen molar-refractivity contribution in [3.05, 3.63) is 119 Å². The third kappa shape index (κ3) is 12.2. The van der Waals surface area contributed by atoms with Crippen LogP contribution in [0.15, 0.2) is 90.2 Å². The molecule has 9 aliphatic rings. The van der Waals surface area contributed by atoms with Gasteiger partial charge in [-0.15, -0.1) is 0 Å². The highest BCUT2D eigenvalue weighted by molar-refractivity contribution is 6.04. The van der Waals surface area contributed by atoms with Gasteiger partial charge in [0, 0.05) is 55.4 Å². The fraction of sp³-hybridized carbons (Fsp3) is 0.478. The Kier molecular flexibility index (Phi) is 16.7. The highest BCUT2D eigenvalue weighted by Gasteiger charge is 2.47. The number of rotatable bonds is 15. The van der Waals surface area contributed by atoms with Crippen LogP contribution >= 0.6 is 0 Å². The van der Waals surface area contributed by atoms with Crippen LogP contribution in [0.1, 0.15) is 138 Å². The number of amides is 6. The van der Waals surface area contributed by atoms with E-state index in [1.165, 1.54) is 0 Å². The largest absolute Gasteiger partial charge is 0.454 e. The Hall–Kier alpha value is -9.28. The third-order valence-corrected chi connectivity index (χ3v) is 19.4. The van der Waals surface area contributed by atoms with E-state index in [1.54, 1.807) is 25.8 Å². The molecule has 2 aliphatic carbocycles. The van der Waals surface area contributed by atoms with Crippen LogP contribution in [0.4, 0.5) is 19.2 Å². The van der Waals surface area contributed by atoms with Gasteiger partial charge in [0.05, 0.1) is 50.2 Å². The molecule has 5 aromatic rings. The number of fused-ring (bicyclic) bond motifs is 6. The molecule has 92 heavy (non-hydrogen) atoms. The number of aromatic amines is 1. The van der Waals surface area contributed by atoms with Crippen LogP contribution in [-0.2, 0) is 54.7 Å². The Morgan fingerprint density at radius 1 is 0.543 bits per heavy atom. The SMILES string of the molecule is CC(C)[C@H](NC(=O)OC1CCCC1)C(=O)N1C[C@H](OC(=O)N2Cc3ccc4c(c3C2)OCO4)C[C@H]1C1=NC=C(c2ccc(-c3ccc(-c4cnc([C@@H]5C[C@@H](OC(=O)N6Cc7ccc8c(c7C6)OCO8)CN5C(=O)[C@@H](NC(=O)OC5CCCC5)C(C)C)[nH]4)cc3)cc2)C1. The molecule has 1 aromatic heterocycles. The van der Waals surface area contributed by atoms with Crippen molar-refractivity contribution < 1.29 is 66.7 Å². The molecule has 0 unspecified atom stereocenters. The molecule has 6 amide bonds. The van der Waals surface area contributed by atoms with Crippen LogP contribution in [0.2, 0.25) is 0 Å². The number of ether oxygens (including phenoxy) is 8. The minimum Gasteiger partial charge on any atom is -0.454 e. The lowest BCUT2D eigenvalue weighted by molar-refractivity contribution is -0.136. The molecule has 2 saturated heterocycles. The van der Waals surface area contributed by atoms with Crippen molar-refractivity contribution in [2.75, 3.05) is 26.7 Å². The molecule has 7 aliphatic heterocycles. The summed E-state index contributed by atoms with van der Waals surface area (Å²) in [6.45, 7) is 9.28. The van der Waals surface area contributed by atoms with E-state index in [9.17, 15) is 28.8 Å². The second kappa shape index (κ2) is 25.4. The molecule has 2 saturated carbocycles. The molecule has 23 heteroatoms. The highest BCUT2D eigenvalue weighted by Crippen LogP contribution is 2.44. The number of aromatic nitrogens is 2. The summed E-state index contributed by atoms with van der Waals surface area (Å²) >= 11 is 0. The van der Waals surface area contributed by atoms with E-state index >= 15 is 0 Å². The fourth-order valence-corrected chi connectivity index (χ4v) is 14.4. The van der Waals surface area contributed by atoms with E-state index in [0.29, 0.717) is 67.8 Å². The van der Waals surface area contributed by atoms with Crippen molar-refractivity contribution in [3.63, 3.8) is 0 Å². The van der Waals surface area contributed by atoms with E-state index in [2.05, 4.69) is 39.9 Å². The van der Waals surface area contributed by atoms with Crippen LogP contribution < -0.4 is 29.6 Å². The number of carbonyl (C=O) groups is 6. The van der Waals surface area contributed by atoms with Crippen molar-refractivity contribution in [2.45, 2.75) is 173 Å². The molecule has 482 valence electrons. The van der Waals surface area contributed by atoms with Crippen molar-refractivity contribution >= 4 is 47.5 Å². The van der Waals surface area contributed by atoms with E-state index in [-0.39, 0.29) is 69.0 Å². The van der Waals surface area contributed by atoms with E-state index in [4.69, 9.17) is 47.9 Å². The maximum Gasteiger partial charge on any atom is 0.410 e. The first-order valence-corrected chi connectivity index (χ1v) is 32.4. The third-order valence-electron chi connectivity index (χ3n) is 19.4. The van der Waals surface area contributed by atoms with Crippen LogP contribution in [0, 0.1) is 11.8 Å². The van der Waals surface area contributed by atoms with Gasteiger partial charge in [0.1, 0.15) is 42.3 Å². The van der Waals surface area contributed by atoms with Crippen molar-refractivity contribution in [1.82, 2.24) is 40.2 Å². The fourth-order valence-electron chi connectivity index (χ4n) is 14.4. The number of nitrogens with one attached hydrogen (secondary N) is 3. The smallest absolute Gasteiger partial charge is 0.410 e. The number of aliphatic imine (C=N–C) groups is 1. The second-order valence-corrected chi connectivity index (χ2v) is 26.2. The van der Waals surface area contributed by atoms with Gasteiger partial charge in [0.25, 0.3) is 0 Å². The van der Waals surface area contributed by atoms with Gasteiger partial charge in [0.2, 0.25) is 25.4 Å². The highest BCUT2D eigenvalue weighted by atomic mass is 16.7. The van der Waals surface area contributed by atoms with Crippen LogP contribution in [0.5, 0.6) is 23.0 Å². The first kappa shape index (κ1) is 60.3. The molecule has 8 heterocycles. The Labute approximate surface area is 533 Å². The van der Waals surface area contributed by atoms with E-state index < -0.39 is 60.7 Å². The standard InChI is InChI=1S/C69H77N9O14/c1-38(2)59(73-66(81)89-47-9-5-6-10-47)64(79)77-32-49(91-68(83)75-30-44-21-23-57-61(51(44)34-75)87-36-85-57)26-55(77)53-25-46(28-70-53)42-15-13-40(14-16-42)41-17-19-43(20-18-41)54-29-71-63(72-54)56-27-50(92-69(84)76-31-45-22-24-58-62(52(45)35-76)88-37-86-58)33-78(56)65(80)60(39(3)4)74-67(82)90-48-11-7-8-12-48/h13-24,28-29,38-39,47-50,55-56,59-60H,5-12,25-27,30-37H2,1-4H3,(H,71,72)(H,73,81)(H,74,82)/t49-,50-,55+,56+,59+,60+/m1/s1. The van der Waals surface area contributed by atoms with Gasteiger partial charge in [0.15, 0.2) is 23.0 Å². The number of imidazole rings is 1. The van der Waals surface area contributed by atoms with Gasteiger partial charge in [-0.25, -0.2) is 24.2 Å². The Bertz CT molecular complexity index is 3740. The molecule has 0 spiro atoms. The zero-order valence-corrected chi connectivity index (χ0v) is 52.2. The lowest BCUT2D eigenvalue weighted by Crippen LogP contribution is -2.54.